The van der Waals surface area contributed by atoms with Crippen molar-refractivity contribution in [1.82, 2.24) is 14.9 Å². The van der Waals surface area contributed by atoms with Gasteiger partial charge in [0.2, 0.25) is 5.91 Å². The van der Waals surface area contributed by atoms with Gasteiger partial charge in [0.1, 0.15) is 6.54 Å². The van der Waals surface area contributed by atoms with Crippen LogP contribution in [0.2, 0.25) is 0 Å². The molecule has 1 fully saturated rings. The van der Waals surface area contributed by atoms with E-state index in [-0.39, 0.29) is 12.5 Å². The predicted molar refractivity (Wildman–Crippen MR) is 91.1 cm³/mol. The van der Waals surface area contributed by atoms with Gasteiger partial charge in [-0.25, -0.2) is 4.79 Å². The Kier molecular flexibility index (Phi) is 4.79. The van der Waals surface area contributed by atoms with E-state index in [0.29, 0.717) is 12.5 Å². The number of benzene rings is 1. The number of nitrogens with one attached hydrogen (secondary N) is 2. The molecule has 0 aliphatic carbocycles. The first-order valence-electron chi connectivity index (χ1n) is 7.98. The second kappa shape index (κ2) is 7.16. The van der Waals surface area contributed by atoms with Crippen LogP contribution in [0.15, 0.2) is 52.2 Å². The number of nitrogens with zero attached hydrogens (tertiary/aromatic N) is 2. The van der Waals surface area contributed by atoms with Crippen molar-refractivity contribution < 1.29 is 4.79 Å². The summed E-state index contributed by atoms with van der Waals surface area (Å²) in [6, 6.07) is 11.4. The molecule has 2 heterocycles. The predicted octanol–water partition coefficient (Wildman–Crippen LogP) is 0.179. The molecule has 1 amide bonds. The zero-order chi connectivity index (χ0) is 16.9. The summed E-state index contributed by atoms with van der Waals surface area (Å²) in [5, 5.41) is 2.87. The highest BCUT2D eigenvalue weighted by Gasteiger charge is 2.22. The summed E-state index contributed by atoms with van der Waals surface area (Å²) in [6.07, 6.45) is 2.35. The molecule has 1 aromatic heterocycles. The standard InChI is InChI=1S/C17H20N4O3/c22-15-7-9-21(17(24)19-15)12-16(23)18-10-13-6-8-20(11-13)14-4-2-1-3-5-14/h1-5,7,9,13H,6,8,10-12H2,(H,18,23)(H,19,22,24)/t13-/m1/s1. The molecule has 3 rings (SSSR count). The number of aromatic amines is 1. The molecule has 1 saturated heterocycles. The third-order valence-corrected chi connectivity index (χ3v) is 4.21. The van der Waals surface area contributed by atoms with Crippen LogP contribution in [-0.4, -0.2) is 35.1 Å². The van der Waals surface area contributed by atoms with E-state index in [1.807, 2.05) is 18.2 Å². The number of H-pyrrole nitrogens is 1. The Morgan fingerprint density at radius 1 is 1.21 bits per heavy atom. The SMILES string of the molecule is O=C(Cn1ccc(=O)[nH]c1=O)NC[C@H]1CCN(c2ccccc2)C1. The van der Waals surface area contributed by atoms with E-state index in [2.05, 4.69) is 27.3 Å². The van der Waals surface area contributed by atoms with E-state index in [1.54, 1.807) is 0 Å². The molecule has 2 aromatic rings. The molecule has 1 atom stereocenters. The zero-order valence-electron chi connectivity index (χ0n) is 13.3. The number of hydrogen-bond acceptors (Lipinski definition) is 4. The van der Waals surface area contributed by atoms with Crippen molar-refractivity contribution in [1.29, 1.82) is 0 Å². The summed E-state index contributed by atoms with van der Waals surface area (Å²) in [4.78, 5) is 39.0. The van der Waals surface area contributed by atoms with E-state index in [9.17, 15) is 14.4 Å². The Balaban J connectivity index is 1.49. The molecule has 126 valence electrons. The summed E-state index contributed by atoms with van der Waals surface area (Å²) < 4.78 is 1.18. The van der Waals surface area contributed by atoms with Gasteiger partial charge in [-0.2, -0.15) is 0 Å². The van der Waals surface area contributed by atoms with Crippen LogP contribution in [-0.2, 0) is 11.3 Å². The quantitative estimate of drug-likeness (QED) is 0.820. The number of para-hydroxylation sites is 1. The third kappa shape index (κ3) is 3.92. The lowest BCUT2D eigenvalue weighted by Gasteiger charge is -2.18. The Bertz CT molecular complexity index is 812. The lowest BCUT2D eigenvalue weighted by molar-refractivity contribution is -0.121. The first-order chi connectivity index (χ1) is 11.6. The summed E-state index contributed by atoms with van der Waals surface area (Å²) in [7, 11) is 0. The van der Waals surface area contributed by atoms with Crippen LogP contribution < -0.4 is 21.5 Å². The van der Waals surface area contributed by atoms with E-state index in [4.69, 9.17) is 0 Å². The van der Waals surface area contributed by atoms with Crippen LogP contribution in [0, 0.1) is 5.92 Å². The number of rotatable bonds is 5. The van der Waals surface area contributed by atoms with Gasteiger partial charge in [0.15, 0.2) is 0 Å². The maximum Gasteiger partial charge on any atom is 0.328 e. The van der Waals surface area contributed by atoms with Gasteiger partial charge >= 0.3 is 5.69 Å². The smallest absolute Gasteiger partial charge is 0.328 e. The Morgan fingerprint density at radius 3 is 2.75 bits per heavy atom. The average molecular weight is 328 g/mol. The number of amides is 1. The fourth-order valence-corrected chi connectivity index (χ4v) is 2.91. The Morgan fingerprint density at radius 2 is 2.00 bits per heavy atom. The Hall–Kier alpha value is -2.83. The molecule has 0 bridgehead atoms. The number of carbonyl (C=O) groups is 1. The molecule has 1 aliphatic heterocycles. The summed E-state index contributed by atoms with van der Waals surface area (Å²) in [5.74, 6) is 0.156. The maximum absolute atomic E-state index is 12.0. The van der Waals surface area contributed by atoms with Crippen LogP contribution in [0.4, 0.5) is 5.69 Å². The molecular weight excluding hydrogens is 308 g/mol. The molecule has 0 saturated carbocycles. The van der Waals surface area contributed by atoms with Crippen molar-refractivity contribution >= 4 is 11.6 Å². The minimum Gasteiger partial charge on any atom is -0.371 e. The van der Waals surface area contributed by atoms with E-state index in [0.717, 1.165) is 19.5 Å². The van der Waals surface area contributed by atoms with Crippen molar-refractivity contribution in [2.45, 2.75) is 13.0 Å². The van der Waals surface area contributed by atoms with Gasteiger partial charge in [0, 0.05) is 37.6 Å². The van der Waals surface area contributed by atoms with E-state index < -0.39 is 11.2 Å². The topological polar surface area (TPSA) is 87.2 Å². The van der Waals surface area contributed by atoms with Crippen molar-refractivity contribution in [2.24, 2.45) is 5.92 Å². The number of hydrogen-bond donors (Lipinski definition) is 2. The monoisotopic (exact) mass is 328 g/mol. The number of aromatic nitrogens is 2. The summed E-state index contributed by atoms with van der Waals surface area (Å²) in [5.41, 5.74) is 0.156. The lowest BCUT2D eigenvalue weighted by atomic mass is 10.1. The second-order valence-corrected chi connectivity index (χ2v) is 5.98. The number of anilines is 1. The Labute approximate surface area is 138 Å². The molecule has 0 radical (unpaired) electrons. The van der Waals surface area contributed by atoms with E-state index in [1.165, 1.54) is 22.5 Å². The van der Waals surface area contributed by atoms with Crippen LogP contribution >= 0.6 is 0 Å². The average Bonchev–Trinajstić information content (AvgIpc) is 3.05. The molecular formula is C17H20N4O3. The normalized spacial score (nSPS) is 17.0. The van der Waals surface area contributed by atoms with Gasteiger partial charge in [-0.3, -0.25) is 19.1 Å². The van der Waals surface area contributed by atoms with Crippen LogP contribution in [0.1, 0.15) is 6.42 Å². The van der Waals surface area contributed by atoms with Gasteiger partial charge in [-0.05, 0) is 24.5 Å². The van der Waals surface area contributed by atoms with Crippen LogP contribution in [0.3, 0.4) is 0 Å². The zero-order valence-corrected chi connectivity index (χ0v) is 13.3. The highest BCUT2D eigenvalue weighted by molar-refractivity contribution is 5.75. The molecule has 7 nitrogen and oxygen atoms in total. The maximum atomic E-state index is 12.0. The van der Waals surface area contributed by atoms with Crippen LogP contribution in [0.25, 0.3) is 0 Å². The molecule has 0 spiro atoms. The van der Waals surface area contributed by atoms with Gasteiger partial charge in [0.05, 0.1) is 0 Å². The van der Waals surface area contributed by atoms with Gasteiger partial charge in [-0.1, -0.05) is 18.2 Å². The van der Waals surface area contributed by atoms with Gasteiger partial charge < -0.3 is 10.2 Å². The van der Waals surface area contributed by atoms with E-state index >= 15 is 0 Å². The van der Waals surface area contributed by atoms with Crippen LogP contribution in [0.5, 0.6) is 0 Å². The molecule has 7 heteroatoms. The molecule has 24 heavy (non-hydrogen) atoms. The second-order valence-electron chi connectivity index (χ2n) is 5.98. The first-order valence-corrected chi connectivity index (χ1v) is 7.98. The third-order valence-electron chi connectivity index (χ3n) is 4.21. The number of carbonyl (C=O) groups excluding carboxylic acids is 1. The fraction of sp³-hybridized carbons (Fsp3) is 0.353. The molecule has 0 unspecified atom stereocenters. The minimum absolute atomic E-state index is 0.0925. The lowest BCUT2D eigenvalue weighted by Crippen LogP contribution is -2.37. The summed E-state index contributed by atoms with van der Waals surface area (Å²) >= 11 is 0. The minimum atomic E-state index is -0.575. The highest BCUT2D eigenvalue weighted by Crippen LogP contribution is 2.22. The first kappa shape index (κ1) is 16.0. The van der Waals surface area contributed by atoms with Crippen molar-refractivity contribution in [3.63, 3.8) is 0 Å². The fourth-order valence-electron chi connectivity index (χ4n) is 2.91. The largest absolute Gasteiger partial charge is 0.371 e. The highest BCUT2D eigenvalue weighted by atomic mass is 16.2. The van der Waals surface area contributed by atoms with Crippen molar-refractivity contribution in [2.75, 3.05) is 24.5 Å². The van der Waals surface area contributed by atoms with Gasteiger partial charge in [0.25, 0.3) is 5.56 Å². The molecule has 1 aliphatic rings. The van der Waals surface area contributed by atoms with Crippen molar-refractivity contribution in [3.8, 4) is 0 Å². The summed E-state index contributed by atoms with van der Waals surface area (Å²) in [6.45, 7) is 2.37. The van der Waals surface area contributed by atoms with Crippen molar-refractivity contribution in [3.05, 3.63) is 63.4 Å². The molecule has 1 aromatic carbocycles. The van der Waals surface area contributed by atoms with Gasteiger partial charge in [-0.15, -0.1) is 0 Å². The molecule has 2 N–H and O–H groups in total.